The van der Waals surface area contributed by atoms with Gasteiger partial charge in [-0.1, -0.05) is 12.1 Å². The number of nitrogens with zero attached hydrogens (tertiary/aromatic N) is 1. The summed E-state index contributed by atoms with van der Waals surface area (Å²) < 4.78 is 19.0. The van der Waals surface area contributed by atoms with Gasteiger partial charge in [0.1, 0.15) is 5.82 Å². The maximum absolute atomic E-state index is 14.0. The Morgan fingerprint density at radius 2 is 2.05 bits per heavy atom. The first-order valence-electron chi connectivity index (χ1n) is 6.45. The number of hydrogen-bond donors (Lipinski definition) is 1. The third-order valence-electron chi connectivity index (χ3n) is 3.25. The van der Waals surface area contributed by atoms with Crippen molar-refractivity contribution in [3.8, 4) is 5.88 Å². The van der Waals surface area contributed by atoms with E-state index in [2.05, 4.69) is 4.98 Å². The Morgan fingerprint density at radius 3 is 2.60 bits per heavy atom. The molecule has 0 saturated carbocycles. The maximum Gasteiger partial charge on any atom is 0.212 e. The van der Waals surface area contributed by atoms with Gasteiger partial charge >= 0.3 is 0 Å². The van der Waals surface area contributed by atoms with Crippen molar-refractivity contribution in [2.24, 2.45) is 0 Å². The molecular formula is C16H18FNO2. The summed E-state index contributed by atoms with van der Waals surface area (Å²) in [7, 11) is 1.54. The average molecular weight is 275 g/mol. The highest BCUT2D eigenvalue weighted by molar-refractivity contribution is 5.34. The van der Waals surface area contributed by atoms with Crippen molar-refractivity contribution in [2.45, 2.75) is 26.4 Å². The summed E-state index contributed by atoms with van der Waals surface area (Å²) in [5, 5.41) is 10.3. The molecule has 20 heavy (non-hydrogen) atoms. The smallest absolute Gasteiger partial charge is 0.212 e. The molecule has 2 aromatic rings. The van der Waals surface area contributed by atoms with E-state index in [1.807, 2.05) is 19.1 Å². The molecule has 0 aliphatic carbocycles. The monoisotopic (exact) mass is 275 g/mol. The first kappa shape index (κ1) is 14.5. The number of aliphatic hydroxyl groups excluding tert-OH is 1. The Balaban J connectivity index is 2.21. The number of aliphatic hydroxyl groups is 1. The number of halogens is 1. The summed E-state index contributed by atoms with van der Waals surface area (Å²) >= 11 is 0. The zero-order chi connectivity index (χ0) is 14.7. The summed E-state index contributed by atoms with van der Waals surface area (Å²) in [6.45, 7) is 3.64. The number of ether oxygens (including phenoxy) is 1. The van der Waals surface area contributed by atoms with Gasteiger partial charge in [0.15, 0.2) is 0 Å². The molecule has 1 N–H and O–H groups in total. The minimum absolute atomic E-state index is 0.317. The fourth-order valence-corrected chi connectivity index (χ4v) is 2.33. The molecule has 0 aliphatic rings. The molecule has 0 saturated heterocycles. The van der Waals surface area contributed by atoms with E-state index in [1.54, 1.807) is 26.3 Å². The minimum Gasteiger partial charge on any atom is -0.481 e. The lowest BCUT2D eigenvalue weighted by Gasteiger charge is -2.15. The molecule has 1 aromatic heterocycles. The average Bonchev–Trinajstić information content (AvgIpc) is 2.38. The topological polar surface area (TPSA) is 42.4 Å². The van der Waals surface area contributed by atoms with Crippen LogP contribution in [0, 0.1) is 19.7 Å². The molecule has 4 heteroatoms. The molecule has 106 valence electrons. The van der Waals surface area contributed by atoms with E-state index in [0.717, 1.165) is 16.7 Å². The van der Waals surface area contributed by atoms with Gasteiger partial charge in [-0.2, -0.15) is 0 Å². The van der Waals surface area contributed by atoms with Crippen LogP contribution in [0.5, 0.6) is 5.88 Å². The van der Waals surface area contributed by atoms with Gasteiger partial charge in [-0.3, -0.25) is 0 Å². The van der Waals surface area contributed by atoms with Crippen LogP contribution in [0.3, 0.4) is 0 Å². The molecule has 1 heterocycles. The normalized spacial score (nSPS) is 12.2. The van der Waals surface area contributed by atoms with Crippen LogP contribution < -0.4 is 4.74 Å². The third kappa shape index (κ3) is 3.14. The summed E-state index contributed by atoms with van der Waals surface area (Å²) in [4.78, 5) is 4.08. The molecule has 1 aromatic carbocycles. The van der Waals surface area contributed by atoms with Crippen LogP contribution in [0.1, 0.15) is 28.4 Å². The Morgan fingerprint density at radius 1 is 1.30 bits per heavy atom. The van der Waals surface area contributed by atoms with Crippen molar-refractivity contribution in [1.29, 1.82) is 0 Å². The molecule has 0 fully saturated rings. The van der Waals surface area contributed by atoms with E-state index >= 15 is 0 Å². The second kappa shape index (κ2) is 6.01. The first-order chi connectivity index (χ1) is 9.51. The predicted molar refractivity (Wildman–Crippen MR) is 75.3 cm³/mol. The maximum atomic E-state index is 14.0. The van der Waals surface area contributed by atoms with Gasteiger partial charge in [-0.05, 0) is 36.6 Å². The van der Waals surface area contributed by atoms with Gasteiger partial charge in [0, 0.05) is 24.2 Å². The molecule has 0 aliphatic heterocycles. The molecule has 0 spiro atoms. The van der Waals surface area contributed by atoms with Crippen LogP contribution in [0.2, 0.25) is 0 Å². The van der Waals surface area contributed by atoms with Crippen molar-refractivity contribution in [2.75, 3.05) is 7.11 Å². The van der Waals surface area contributed by atoms with Crippen LogP contribution >= 0.6 is 0 Å². The van der Waals surface area contributed by atoms with Gasteiger partial charge in [-0.25, -0.2) is 9.37 Å². The van der Waals surface area contributed by atoms with Crippen molar-refractivity contribution in [1.82, 2.24) is 4.98 Å². The number of hydrogen-bond acceptors (Lipinski definition) is 3. The van der Waals surface area contributed by atoms with Crippen LogP contribution in [0.15, 0.2) is 30.5 Å². The molecule has 1 unspecified atom stereocenters. The number of aryl methyl sites for hydroxylation is 2. The summed E-state index contributed by atoms with van der Waals surface area (Å²) in [6, 6.07) is 6.85. The highest BCUT2D eigenvalue weighted by Crippen LogP contribution is 2.25. The number of methoxy groups -OCH3 is 1. The van der Waals surface area contributed by atoms with E-state index in [9.17, 15) is 9.50 Å². The fourth-order valence-electron chi connectivity index (χ4n) is 2.33. The molecule has 2 rings (SSSR count). The quantitative estimate of drug-likeness (QED) is 0.932. The highest BCUT2D eigenvalue weighted by atomic mass is 19.1. The van der Waals surface area contributed by atoms with E-state index in [4.69, 9.17) is 4.74 Å². The molecule has 0 bridgehead atoms. The lowest BCUT2D eigenvalue weighted by molar-refractivity contribution is 0.172. The van der Waals surface area contributed by atoms with Gasteiger partial charge < -0.3 is 9.84 Å². The Kier molecular flexibility index (Phi) is 4.35. The van der Waals surface area contributed by atoms with E-state index in [-0.39, 0.29) is 5.82 Å². The fraction of sp³-hybridized carbons (Fsp3) is 0.312. The zero-order valence-electron chi connectivity index (χ0n) is 11.9. The second-order valence-electron chi connectivity index (χ2n) is 4.91. The second-order valence-corrected chi connectivity index (χ2v) is 4.91. The molecule has 3 nitrogen and oxygen atoms in total. The van der Waals surface area contributed by atoms with Crippen LogP contribution in [0.4, 0.5) is 4.39 Å². The van der Waals surface area contributed by atoms with Crippen LogP contribution in [0.25, 0.3) is 0 Å². The zero-order valence-corrected chi connectivity index (χ0v) is 11.9. The van der Waals surface area contributed by atoms with E-state index in [1.165, 1.54) is 6.07 Å². The summed E-state index contributed by atoms with van der Waals surface area (Å²) in [5.41, 5.74) is 2.79. The minimum atomic E-state index is -0.884. The van der Waals surface area contributed by atoms with Gasteiger partial charge in [0.2, 0.25) is 5.88 Å². The predicted octanol–water partition coefficient (Wildman–Crippen LogP) is 3.12. The van der Waals surface area contributed by atoms with Gasteiger partial charge in [0.05, 0.1) is 13.2 Å². The van der Waals surface area contributed by atoms with Crippen molar-refractivity contribution in [3.63, 3.8) is 0 Å². The van der Waals surface area contributed by atoms with Crippen LogP contribution in [-0.4, -0.2) is 17.2 Å². The van der Waals surface area contributed by atoms with E-state index < -0.39 is 6.10 Å². The molecule has 1 atom stereocenters. The van der Waals surface area contributed by atoms with Crippen molar-refractivity contribution >= 4 is 0 Å². The Hall–Kier alpha value is -1.94. The van der Waals surface area contributed by atoms with Gasteiger partial charge in [0.25, 0.3) is 0 Å². The molecule has 0 radical (unpaired) electrons. The lowest BCUT2D eigenvalue weighted by atomic mass is 9.96. The lowest BCUT2D eigenvalue weighted by Crippen LogP contribution is -2.07. The molecular weight excluding hydrogens is 257 g/mol. The van der Waals surface area contributed by atoms with Crippen molar-refractivity contribution in [3.05, 3.63) is 58.5 Å². The largest absolute Gasteiger partial charge is 0.481 e. The first-order valence-corrected chi connectivity index (χ1v) is 6.45. The molecule has 0 amide bonds. The number of pyridine rings is 1. The Labute approximate surface area is 118 Å². The Bertz CT molecular complexity index is 573. The van der Waals surface area contributed by atoms with Gasteiger partial charge in [-0.15, -0.1) is 0 Å². The number of benzene rings is 1. The standard InChI is InChI=1S/C16H18FNO2/c1-10-6-11(2)16(13(17)7-10)14(19)8-12-4-5-15(20-3)18-9-12/h4-7,9,14,19H,8H2,1-3H3. The number of aromatic nitrogens is 1. The van der Waals surface area contributed by atoms with Crippen LogP contribution in [-0.2, 0) is 6.42 Å². The highest BCUT2D eigenvalue weighted by Gasteiger charge is 2.16. The van der Waals surface area contributed by atoms with E-state index in [0.29, 0.717) is 17.9 Å². The van der Waals surface area contributed by atoms with Crippen molar-refractivity contribution < 1.29 is 14.2 Å². The summed E-state index contributed by atoms with van der Waals surface area (Å²) in [5.74, 6) is 0.150. The number of rotatable bonds is 4. The third-order valence-corrected chi connectivity index (χ3v) is 3.25. The summed E-state index contributed by atoms with van der Waals surface area (Å²) in [6.07, 6.45) is 1.06. The SMILES string of the molecule is COc1ccc(CC(O)c2c(C)cc(C)cc2F)cn1.